The van der Waals surface area contributed by atoms with E-state index in [2.05, 4.69) is 17.4 Å². The first-order valence-corrected chi connectivity index (χ1v) is 7.70. The van der Waals surface area contributed by atoms with Crippen LogP contribution in [0.25, 0.3) is 11.0 Å². The Bertz CT molecular complexity index is 596. The van der Waals surface area contributed by atoms with E-state index in [1.54, 1.807) is 0 Å². The predicted octanol–water partition coefficient (Wildman–Crippen LogP) is 3.61. The van der Waals surface area contributed by atoms with Crippen LogP contribution < -0.4 is 5.32 Å². The Labute approximate surface area is 119 Å². The number of hydrogen-bond acceptors (Lipinski definition) is 3. The van der Waals surface area contributed by atoms with Gasteiger partial charge in [0.2, 0.25) is 0 Å². The van der Waals surface area contributed by atoms with Crippen LogP contribution in [0.1, 0.15) is 37.0 Å². The summed E-state index contributed by atoms with van der Waals surface area (Å²) in [7, 11) is 0. The zero-order valence-electron chi connectivity index (χ0n) is 11.7. The Morgan fingerprint density at radius 2 is 2.00 bits per heavy atom. The minimum Gasteiger partial charge on any atom is -0.459 e. The molecule has 1 N–H and O–H groups in total. The van der Waals surface area contributed by atoms with Crippen LogP contribution >= 0.6 is 0 Å². The van der Waals surface area contributed by atoms with Gasteiger partial charge in [0, 0.05) is 23.6 Å². The molecular formula is C17H21NO2. The third-order valence-corrected chi connectivity index (χ3v) is 4.21. The first-order valence-electron chi connectivity index (χ1n) is 7.70. The first kappa shape index (κ1) is 12.4. The molecule has 4 rings (SSSR count). The molecule has 0 amide bonds. The van der Waals surface area contributed by atoms with Crippen LogP contribution in [0.5, 0.6) is 0 Å². The molecule has 0 atom stereocenters. The highest BCUT2D eigenvalue weighted by Gasteiger charge is 2.24. The zero-order valence-corrected chi connectivity index (χ0v) is 11.7. The summed E-state index contributed by atoms with van der Waals surface area (Å²) < 4.78 is 11.9. The molecule has 2 aliphatic rings. The molecule has 0 saturated heterocycles. The van der Waals surface area contributed by atoms with E-state index in [1.165, 1.54) is 36.6 Å². The second-order valence-electron chi connectivity index (χ2n) is 6.11. The summed E-state index contributed by atoms with van der Waals surface area (Å²) in [5.74, 6) is 1.86. The van der Waals surface area contributed by atoms with E-state index in [1.807, 2.05) is 12.1 Å². The van der Waals surface area contributed by atoms with Crippen LogP contribution in [0.4, 0.5) is 0 Å². The third-order valence-electron chi connectivity index (χ3n) is 4.21. The van der Waals surface area contributed by atoms with Gasteiger partial charge in [0.25, 0.3) is 0 Å². The van der Waals surface area contributed by atoms with Gasteiger partial charge >= 0.3 is 0 Å². The van der Waals surface area contributed by atoms with E-state index >= 15 is 0 Å². The molecule has 2 saturated carbocycles. The van der Waals surface area contributed by atoms with Crippen molar-refractivity contribution >= 4 is 11.0 Å². The summed E-state index contributed by atoms with van der Waals surface area (Å²) in [6, 6.07) is 8.97. The Morgan fingerprint density at radius 1 is 1.15 bits per heavy atom. The fraction of sp³-hybridized carbons (Fsp3) is 0.529. The molecule has 3 nitrogen and oxygen atoms in total. The maximum Gasteiger partial charge on any atom is 0.134 e. The average Bonchev–Trinajstić information content (AvgIpc) is 3.37. The van der Waals surface area contributed by atoms with Crippen LogP contribution in [0, 0.1) is 5.92 Å². The molecule has 0 spiro atoms. The summed E-state index contributed by atoms with van der Waals surface area (Å²) in [6.45, 7) is 2.39. The summed E-state index contributed by atoms with van der Waals surface area (Å²) in [5, 5.41) is 4.74. The van der Waals surface area contributed by atoms with Crippen molar-refractivity contribution in [3.8, 4) is 0 Å². The van der Waals surface area contributed by atoms with Gasteiger partial charge in [0.05, 0.1) is 13.2 Å². The predicted molar refractivity (Wildman–Crippen MR) is 78.5 cm³/mol. The largest absolute Gasteiger partial charge is 0.459 e. The van der Waals surface area contributed by atoms with Gasteiger partial charge in [0.1, 0.15) is 11.3 Å². The van der Waals surface area contributed by atoms with Crippen molar-refractivity contribution in [3.05, 3.63) is 35.6 Å². The van der Waals surface area contributed by atoms with Crippen LogP contribution in [0.2, 0.25) is 0 Å². The molecule has 0 radical (unpaired) electrons. The minimum absolute atomic E-state index is 0.676. The Morgan fingerprint density at radius 3 is 2.80 bits per heavy atom. The van der Waals surface area contributed by atoms with Gasteiger partial charge < -0.3 is 14.5 Å². The van der Waals surface area contributed by atoms with Gasteiger partial charge in [-0.15, -0.1) is 0 Å². The molecule has 2 aliphatic carbocycles. The van der Waals surface area contributed by atoms with Gasteiger partial charge in [0.15, 0.2) is 0 Å². The van der Waals surface area contributed by atoms with Crippen molar-refractivity contribution in [3.63, 3.8) is 0 Å². The lowest BCUT2D eigenvalue weighted by Gasteiger charge is -2.05. The molecule has 2 aromatic rings. The lowest BCUT2D eigenvalue weighted by molar-refractivity contribution is 0.110. The monoisotopic (exact) mass is 271 g/mol. The van der Waals surface area contributed by atoms with Crippen LogP contribution in [0.15, 0.2) is 28.7 Å². The van der Waals surface area contributed by atoms with E-state index in [-0.39, 0.29) is 0 Å². The maximum atomic E-state index is 6.01. The van der Waals surface area contributed by atoms with Crippen molar-refractivity contribution in [2.75, 3.05) is 6.61 Å². The smallest absolute Gasteiger partial charge is 0.134 e. The molecule has 1 heterocycles. The van der Waals surface area contributed by atoms with Crippen LogP contribution in [-0.4, -0.2) is 12.6 Å². The Kier molecular flexibility index (Phi) is 3.25. The number of rotatable bonds is 7. The molecule has 20 heavy (non-hydrogen) atoms. The fourth-order valence-electron chi connectivity index (χ4n) is 2.59. The lowest BCUT2D eigenvalue weighted by atomic mass is 10.1. The highest BCUT2D eigenvalue weighted by Crippen LogP contribution is 2.31. The van der Waals surface area contributed by atoms with Crippen molar-refractivity contribution in [1.29, 1.82) is 0 Å². The summed E-state index contributed by atoms with van der Waals surface area (Å²) >= 11 is 0. The van der Waals surface area contributed by atoms with E-state index in [0.29, 0.717) is 12.6 Å². The molecule has 3 heteroatoms. The van der Waals surface area contributed by atoms with Crippen LogP contribution in [0.3, 0.4) is 0 Å². The molecule has 2 fully saturated rings. The lowest BCUT2D eigenvalue weighted by Crippen LogP contribution is -2.16. The maximum absolute atomic E-state index is 6.01. The minimum atomic E-state index is 0.676. The van der Waals surface area contributed by atoms with Gasteiger partial charge in [-0.3, -0.25) is 0 Å². The number of ether oxygens (including phenoxy) is 1. The van der Waals surface area contributed by atoms with Gasteiger partial charge in [-0.25, -0.2) is 0 Å². The Balaban J connectivity index is 1.53. The molecule has 0 aliphatic heterocycles. The van der Waals surface area contributed by atoms with Crippen molar-refractivity contribution in [1.82, 2.24) is 5.32 Å². The number of benzene rings is 1. The standard InChI is InChI=1S/C17H21NO2/c1-2-4-16-14(3-1)15(11-19-10-12-5-6-12)17(20-16)9-18-13-7-8-13/h1-4,12-13,18H,5-11H2. The van der Waals surface area contributed by atoms with E-state index in [0.717, 1.165) is 30.4 Å². The fourth-order valence-corrected chi connectivity index (χ4v) is 2.59. The number of furan rings is 1. The van der Waals surface area contributed by atoms with Crippen molar-refractivity contribution in [2.24, 2.45) is 5.92 Å². The summed E-state index contributed by atoms with van der Waals surface area (Å²) in [5.41, 5.74) is 2.21. The molecule has 1 aromatic carbocycles. The third kappa shape index (κ3) is 2.74. The van der Waals surface area contributed by atoms with Crippen molar-refractivity contribution in [2.45, 2.75) is 44.9 Å². The summed E-state index contributed by atoms with van der Waals surface area (Å²) in [6.07, 6.45) is 5.27. The Hall–Kier alpha value is -1.32. The SMILES string of the molecule is c1ccc2c(COCC3CC3)c(CNC3CC3)oc2c1. The highest BCUT2D eigenvalue weighted by molar-refractivity contribution is 5.82. The first-order chi connectivity index (χ1) is 9.90. The summed E-state index contributed by atoms with van der Waals surface area (Å²) in [4.78, 5) is 0. The van der Waals surface area contributed by atoms with E-state index in [4.69, 9.17) is 9.15 Å². The van der Waals surface area contributed by atoms with E-state index in [9.17, 15) is 0 Å². The number of hydrogen-bond donors (Lipinski definition) is 1. The average molecular weight is 271 g/mol. The number of fused-ring (bicyclic) bond motifs is 1. The normalized spacial score (nSPS) is 18.8. The zero-order chi connectivity index (χ0) is 13.4. The number of para-hydroxylation sites is 1. The topological polar surface area (TPSA) is 34.4 Å². The highest BCUT2D eigenvalue weighted by atomic mass is 16.5. The molecule has 0 unspecified atom stereocenters. The molecule has 0 bridgehead atoms. The van der Waals surface area contributed by atoms with Gasteiger partial charge in [-0.2, -0.15) is 0 Å². The number of nitrogens with one attached hydrogen (secondary N) is 1. The quantitative estimate of drug-likeness (QED) is 0.835. The molecular weight excluding hydrogens is 250 g/mol. The second-order valence-corrected chi connectivity index (χ2v) is 6.11. The van der Waals surface area contributed by atoms with E-state index < -0.39 is 0 Å². The van der Waals surface area contributed by atoms with Crippen LogP contribution in [-0.2, 0) is 17.9 Å². The molecule has 1 aromatic heterocycles. The van der Waals surface area contributed by atoms with Gasteiger partial charge in [-0.1, -0.05) is 18.2 Å². The molecule has 106 valence electrons. The second kappa shape index (κ2) is 5.23. The van der Waals surface area contributed by atoms with Crippen molar-refractivity contribution < 1.29 is 9.15 Å². The van der Waals surface area contributed by atoms with Gasteiger partial charge in [-0.05, 0) is 37.7 Å².